The Bertz CT molecular complexity index is 1450. The van der Waals surface area contributed by atoms with E-state index in [0.29, 0.717) is 27.8 Å². The number of nitrogens with one attached hydrogen (secondary N) is 1. The van der Waals surface area contributed by atoms with Gasteiger partial charge in [-0.2, -0.15) is 0 Å². The van der Waals surface area contributed by atoms with Gasteiger partial charge in [-0.15, -0.1) is 0 Å². The van der Waals surface area contributed by atoms with Gasteiger partial charge >= 0.3 is 6.03 Å². The molecular formula is C24H19N5O2. The number of carbonyl (C=O) groups is 1. The average molecular weight is 409 g/mol. The number of carbonyl (C=O) groups excluding carboxylic acids is 1. The first-order valence-corrected chi connectivity index (χ1v) is 9.68. The number of pyridine rings is 1. The standard InChI is InChI=1S/C24H19N5O2/c25-14-9-11-15(12-10-14)27-19-13-20(28-18-7-3-1-5-16(18)19)22-17-6-2-4-8-21(17)29(23(22)30)24(26)31/h1-13,30H,25H2,(H2,26,31)(H,27,28). The lowest BCUT2D eigenvalue weighted by molar-refractivity contribution is 0.248. The van der Waals surface area contributed by atoms with Crippen LogP contribution in [0.4, 0.5) is 21.9 Å². The van der Waals surface area contributed by atoms with Crippen molar-refractivity contribution in [2.24, 2.45) is 5.73 Å². The van der Waals surface area contributed by atoms with Crippen molar-refractivity contribution in [2.45, 2.75) is 0 Å². The number of rotatable bonds is 3. The van der Waals surface area contributed by atoms with Crippen LogP contribution >= 0.6 is 0 Å². The summed E-state index contributed by atoms with van der Waals surface area (Å²) >= 11 is 0. The molecule has 6 N–H and O–H groups in total. The first-order chi connectivity index (χ1) is 15.0. The Morgan fingerprint density at radius 2 is 1.61 bits per heavy atom. The predicted molar refractivity (Wildman–Crippen MR) is 123 cm³/mol. The molecule has 0 saturated carbocycles. The second kappa shape index (κ2) is 7.07. The molecule has 0 aliphatic heterocycles. The summed E-state index contributed by atoms with van der Waals surface area (Å²) in [4.78, 5) is 16.8. The summed E-state index contributed by atoms with van der Waals surface area (Å²) in [6.07, 6.45) is 0. The number of nitrogen functional groups attached to an aromatic ring is 1. The summed E-state index contributed by atoms with van der Waals surface area (Å²) in [6, 6.07) is 23.4. The van der Waals surface area contributed by atoms with Crippen molar-refractivity contribution in [3.05, 3.63) is 78.9 Å². The maximum Gasteiger partial charge on any atom is 0.326 e. The van der Waals surface area contributed by atoms with E-state index in [1.54, 1.807) is 12.1 Å². The Kier molecular flexibility index (Phi) is 4.22. The molecule has 31 heavy (non-hydrogen) atoms. The molecule has 0 aliphatic carbocycles. The molecule has 3 aromatic carbocycles. The highest BCUT2D eigenvalue weighted by molar-refractivity contribution is 6.06. The molecule has 0 fully saturated rings. The molecule has 7 heteroatoms. The number of nitrogens with zero attached hydrogens (tertiary/aromatic N) is 2. The van der Waals surface area contributed by atoms with Crippen LogP contribution < -0.4 is 16.8 Å². The lowest BCUT2D eigenvalue weighted by Crippen LogP contribution is -2.18. The van der Waals surface area contributed by atoms with Gasteiger partial charge < -0.3 is 21.9 Å². The number of hydrogen-bond acceptors (Lipinski definition) is 5. The fraction of sp³-hybridized carbons (Fsp3) is 0. The molecule has 0 radical (unpaired) electrons. The van der Waals surface area contributed by atoms with Crippen LogP contribution in [0.25, 0.3) is 33.1 Å². The molecular weight excluding hydrogens is 390 g/mol. The number of primary amides is 1. The third-order valence-electron chi connectivity index (χ3n) is 5.23. The zero-order chi connectivity index (χ0) is 21.5. The van der Waals surface area contributed by atoms with E-state index >= 15 is 0 Å². The summed E-state index contributed by atoms with van der Waals surface area (Å²) in [6.45, 7) is 0. The summed E-state index contributed by atoms with van der Waals surface area (Å²) in [7, 11) is 0. The molecule has 7 nitrogen and oxygen atoms in total. The van der Waals surface area contributed by atoms with E-state index in [0.717, 1.165) is 26.8 Å². The number of amides is 1. The Balaban J connectivity index is 1.76. The first-order valence-electron chi connectivity index (χ1n) is 9.68. The number of aromatic nitrogens is 2. The van der Waals surface area contributed by atoms with Gasteiger partial charge in [0.15, 0.2) is 0 Å². The van der Waals surface area contributed by atoms with Gasteiger partial charge in [0.05, 0.1) is 28.0 Å². The van der Waals surface area contributed by atoms with Gasteiger partial charge in [0.25, 0.3) is 0 Å². The largest absolute Gasteiger partial charge is 0.494 e. The van der Waals surface area contributed by atoms with E-state index in [2.05, 4.69) is 5.32 Å². The molecule has 2 heterocycles. The van der Waals surface area contributed by atoms with E-state index in [9.17, 15) is 9.90 Å². The van der Waals surface area contributed by atoms with E-state index < -0.39 is 6.03 Å². The van der Waals surface area contributed by atoms with Crippen molar-refractivity contribution in [3.8, 4) is 17.1 Å². The number of anilines is 3. The van der Waals surface area contributed by atoms with Crippen molar-refractivity contribution in [2.75, 3.05) is 11.1 Å². The van der Waals surface area contributed by atoms with Gasteiger partial charge in [-0.1, -0.05) is 36.4 Å². The van der Waals surface area contributed by atoms with Crippen LogP contribution in [0.1, 0.15) is 0 Å². The molecule has 0 aliphatic rings. The highest BCUT2D eigenvalue weighted by Crippen LogP contribution is 2.40. The van der Waals surface area contributed by atoms with Gasteiger partial charge in [-0.3, -0.25) is 0 Å². The monoisotopic (exact) mass is 409 g/mol. The number of benzene rings is 3. The zero-order valence-electron chi connectivity index (χ0n) is 16.4. The minimum Gasteiger partial charge on any atom is -0.494 e. The van der Waals surface area contributed by atoms with E-state index in [4.69, 9.17) is 16.5 Å². The summed E-state index contributed by atoms with van der Waals surface area (Å²) in [5, 5.41) is 15.9. The fourth-order valence-electron chi connectivity index (χ4n) is 3.83. The van der Waals surface area contributed by atoms with Crippen LogP contribution in [-0.2, 0) is 0 Å². The van der Waals surface area contributed by atoms with Crippen LogP contribution in [0.3, 0.4) is 0 Å². The smallest absolute Gasteiger partial charge is 0.326 e. The lowest BCUT2D eigenvalue weighted by Gasteiger charge is -2.12. The summed E-state index contributed by atoms with van der Waals surface area (Å²) in [5.74, 6) is -0.241. The Labute approximate surface area is 177 Å². The van der Waals surface area contributed by atoms with Gasteiger partial charge in [0.1, 0.15) is 0 Å². The minimum atomic E-state index is -0.763. The minimum absolute atomic E-state index is 0.241. The Morgan fingerprint density at radius 3 is 2.35 bits per heavy atom. The number of para-hydroxylation sites is 2. The molecule has 2 aromatic heterocycles. The van der Waals surface area contributed by atoms with Crippen LogP contribution in [0, 0.1) is 0 Å². The normalized spacial score (nSPS) is 11.1. The average Bonchev–Trinajstić information content (AvgIpc) is 3.07. The Hall–Kier alpha value is -4.52. The number of hydrogen-bond donors (Lipinski definition) is 4. The third-order valence-corrected chi connectivity index (χ3v) is 5.23. The molecule has 0 bridgehead atoms. The van der Waals surface area contributed by atoms with Gasteiger partial charge in [0, 0.05) is 22.1 Å². The molecule has 0 spiro atoms. The number of aromatic hydroxyl groups is 1. The van der Waals surface area contributed by atoms with Crippen molar-refractivity contribution < 1.29 is 9.90 Å². The second-order valence-electron chi connectivity index (χ2n) is 7.21. The molecule has 5 aromatic rings. The van der Waals surface area contributed by atoms with Crippen LogP contribution in [-0.4, -0.2) is 20.7 Å². The highest BCUT2D eigenvalue weighted by atomic mass is 16.3. The predicted octanol–water partition coefficient (Wildman–Crippen LogP) is 4.81. The Morgan fingerprint density at radius 1 is 0.935 bits per heavy atom. The topological polar surface area (TPSA) is 119 Å². The fourth-order valence-corrected chi connectivity index (χ4v) is 3.83. The SMILES string of the molecule is NC(=O)n1c(O)c(-c2cc(Nc3ccc(N)cc3)c3ccccc3n2)c2ccccc21. The maximum absolute atomic E-state index is 12.0. The molecule has 0 saturated heterocycles. The number of fused-ring (bicyclic) bond motifs is 2. The van der Waals surface area contributed by atoms with Crippen LogP contribution in [0.2, 0.25) is 0 Å². The van der Waals surface area contributed by atoms with Gasteiger partial charge in [-0.25, -0.2) is 14.3 Å². The molecule has 0 atom stereocenters. The first kappa shape index (κ1) is 18.5. The molecule has 152 valence electrons. The van der Waals surface area contributed by atoms with Crippen molar-refractivity contribution in [1.29, 1.82) is 0 Å². The van der Waals surface area contributed by atoms with Crippen molar-refractivity contribution >= 4 is 44.9 Å². The third kappa shape index (κ3) is 3.08. The molecule has 0 unspecified atom stereocenters. The van der Waals surface area contributed by atoms with Crippen LogP contribution in [0.5, 0.6) is 5.88 Å². The maximum atomic E-state index is 12.0. The number of nitrogens with two attached hydrogens (primary N) is 2. The quantitative estimate of drug-likeness (QED) is 0.319. The molecule has 1 amide bonds. The highest BCUT2D eigenvalue weighted by Gasteiger charge is 2.22. The zero-order valence-corrected chi connectivity index (χ0v) is 16.4. The van der Waals surface area contributed by atoms with Crippen molar-refractivity contribution in [1.82, 2.24) is 9.55 Å². The summed E-state index contributed by atoms with van der Waals surface area (Å²) in [5.41, 5.74) is 15.9. The molecule has 5 rings (SSSR count). The summed E-state index contributed by atoms with van der Waals surface area (Å²) < 4.78 is 1.09. The van der Waals surface area contributed by atoms with Gasteiger partial charge in [0.2, 0.25) is 5.88 Å². The second-order valence-corrected chi connectivity index (χ2v) is 7.21. The van der Waals surface area contributed by atoms with E-state index in [1.807, 2.05) is 66.7 Å². The van der Waals surface area contributed by atoms with Crippen molar-refractivity contribution in [3.63, 3.8) is 0 Å². The lowest BCUT2D eigenvalue weighted by atomic mass is 10.1. The van der Waals surface area contributed by atoms with E-state index in [-0.39, 0.29) is 5.88 Å². The van der Waals surface area contributed by atoms with Crippen LogP contribution in [0.15, 0.2) is 78.9 Å². The van der Waals surface area contributed by atoms with Gasteiger partial charge in [-0.05, 0) is 42.5 Å². The van der Waals surface area contributed by atoms with E-state index in [1.165, 1.54) is 0 Å².